The maximum absolute atomic E-state index is 13.1. The minimum atomic E-state index is -0.270. The summed E-state index contributed by atoms with van der Waals surface area (Å²) in [7, 11) is 0. The van der Waals surface area contributed by atoms with E-state index in [4.69, 9.17) is 0 Å². The summed E-state index contributed by atoms with van der Waals surface area (Å²) in [5, 5.41) is 14.0. The third-order valence-corrected chi connectivity index (χ3v) is 3.97. The lowest BCUT2D eigenvalue weighted by Crippen LogP contribution is -2.02. The maximum atomic E-state index is 13.1. The van der Waals surface area contributed by atoms with Crippen molar-refractivity contribution in [2.45, 2.75) is 6.42 Å². The Labute approximate surface area is 144 Å². The van der Waals surface area contributed by atoms with E-state index < -0.39 is 0 Å². The minimum Gasteiger partial charge on any atom is -0.338 e. The van der Waals surface area contributed by atoms with Crippen LogP contribution in [0.3, 0.4) is 0 Å². The number of pyridine rings is 1. The normalized spacial score (nSPS) is 10.8. The van der Waals surface area contributed by atoms with Crippen LogP contribution in [0.4, 0.5) is 15.9 Å². The van der Waals surface area contributed by atoms with Gasteiger partial charge >= 0.3 is 0 Å². The Balaban J connectivity index is 1.72. The van der Waals surface area contributed by atoms with Crippen molar-refractivity contribution in [1.82, 2.24) is 15.2 Å². The van der Waals surface area contributed by atoms with E-state index in [-0.39, 0.29) is 5.82 Å². The van der Waals surface area contributed by atoms with Crippen LogP contribution in [0.15, 0.2) is 73.1 Å². The van der Waals surface area contributed by atoms with Gasteiger partial charge in [0.1, 0.15) is 5.82 Å². The van der Waals surface area contributed by atoms with Crippen molar-refractivity contribution in [1.29, 1.82) is 0 Å². The Bertz CT molecular complexity index is 1000. The largest absolute Gasteiger partial charge is 0.338 e. The summed E-state index contributed by atoms with van der Waals surface area (Å²) >= 11 is 0. The van der Waals surface area contributed by atoms with Gasteiger partial charge in [-0.3, -0.25) is 4.98 Å². The zero-order chi connectivity index (χ0) is 17.1. The second-order valence-electron chi connectivity index (χ2n) is 5.71. The van der Waals surface area contributed by atoms with Crippen molar-refractivity contribution in [2.75, 3.05) is 5.32 Å². The molecule has 25 heavy (non-hydrogen) atoms. The Morgan fingerprint density at radius 1 is 0.840 bits per heavy atom. The molecule has 0 unspecified atom stereocenters. The molecular formula is C20H15FN4. The molecule has 0 radical (unpaired) electrons. The van der Waals surface area contributed by atoms with Crippen molar-refractivity contribution in [3.8, 4) is 0 Å². The van der Waals surface area contributed by atoms with Gasteiger partial charge < -0.3 is 5.32 Å². The minimum absolute atomic E-state index is 0.270. The molecule has 4 nitrogen and oxygen atoms in total. The SMILES string of the molecule is Fc1ccc(Nc2nnc(Cc3cccnc3)c3ccccc23)cc1. The predicted molar refractivity (Wildman–Crippen MR) is 96.3 cm³/mol. The molecule has 122 valence electrons. The van der Waals surface area contributed by atoms with Crippen molar-refractivity contribution < 1.29 is 4.39 Å². The highest BCUT2D eigenvalue weighted by atomic mass is 19.1. The summed E-state index contributed by atoms with van der Waals surface area (Å²) in [6.07, 6.45) is 4.25. The number of rotatable bonds is 4. The van der Waals surface area contributed by atoms with E-state index in [9.17, 15) is 4.39 Å². The van der Waals surface area contributed by atoms with Crippen molar-refractivity contribution in [2.24, 2.45) is 0 Å². The van der Waals surface area contributed by atoms with Gasteiger partial charge in [-0.05, 0) is 35.9 Å². The van der Waals surface area contributed by atoms with Crippen LogP contribution in [-0.2, 0) is 6.42 Å². The Hall–Kier alpha value is -3.34. The fraction of sp³-hybridized carbons (Fsp3) is 0.0500. The molecule has 0 saturated carbocycles. The average Bonchev–Trinajstić information content (AvgIpc) is 2.66. The summed E-state index contributed by atoms with van der Waals surface area (Å²) in [5.74, 6) is 0.380. The molecular weight excluding hydrogens is 315 g/mol. The number of hydrogen-bond donors (Lipinski definition) is 1. The molecule has 2 aromatic heterocycles. The Morgan fingerprint density at radius 3 is 2.40 bits per heavy atom. The van der Waals surface area contributed by atoms with E-state index in [0.717, 1.165) is 27.7 Å². The molecule has 2 aromatic carbocycles. The second-order valence-corrected chi connectivity index (χ2v) is 5.71. The van der Waals surface area contributed by atoms with Crippen LogP contribution in [0.5, 0.6) is 0 Å². The summed E-state index contributed by atoms with van der Waals surface area (Å²) in [4.78, 5) is 4.15. The fourth-order valence-electron chi connectivity index (χ4n) is 2.75. The van der Waals surface area contributed by atoms with Gasteiger partial charge in [0.15, 0.2) is 5.82 Å². The summed E-state index contributed by atoms with van der Waals surface area (Å²) in [5.41, 5.74) is 2.75. The molecule has 0 saturated heterocycles. The molecule has 4 rings (SSSR count). The van der Waals surface area contributed by atoms with Gasteiger partial charge in [0.05, 0.1) is 5.69 Å². The van der Waals surface area contributed by atoms with Crippen LogP contribution in [0.1, 0.15) is 11.3 Å². The predicted octanol–water partition coefficient (Wildman–Crippen LogP) is 4.50. The van der Waals surface area contributed by atoms with E-state index >= 15 is 0 Å². The molecule has 0 spiro atoms. The number of nitrogens with one attached hydrogen (secondary N) is 1. The van der Waals surface area contributed by atoms with Crippen LogP contribution in [0, 0.1) is 5.82 Å². The van der Waals surface area contributed by atoms with E-state index in [0.29, 0.717) is 12.2 Å². The van der Waals surface area contributed by atoms with Gasteiger partial charge in [-0.2, -0.15) is 5.10 Å². The maximum Gasteiger partial charge on any atom is 0.160 e. The summed E-state index contributed by atoms with van der Waals surface area (Å²) in [6.45, 7) is 0. The molecule has 5 heteroatoms. The zero-order valence-electron chi connectivity index (χ0n) is 13.4. The summed E-state index contributed by atoms with van der Waals surface area (Å²) < 4.78 is 13.1. The highest BCUT2D eigenvalue weighted by Gasteiger charge is 2.10. The van der Waals surface area contributed by atoms with Gasteiger partial charge in [-0.15, -0.1) is 5.10 Å². The lowest BCUT2D eigenvalue weighted by molar-refractivity contribution is 0.628. The highest BCUT2D eigenvalue weighted by molar-refractivity contribution is 5.94. The summed E-state index contributed by atoms with van der Waals surface area (Å²) in [6, 6.07) is 18.1. The monoisotopic (exact) mass is 330 g/mol. The van der Waals surface area contributed by atoms with Gasteiger partial charge in [0.2, 0.25) is 0 Å². The zero-order valence-corrected chi connectivity index (χ0v) is 13.4. The van der Waals surface area contributed by atoms with Crippen LogP contribution >= 0.6 is 0 Å². The van der Waals surface area contributed by atoms with E-state index in [1.165, 1.54) is 12.1 Å². The van der Waals surface area contributed by atoms with Crippen LogP contribution in [0.25, 0.3) is 10.8 Å². The fourth-order valence-corrected chi connectivity index (χ4v) is 2.75. The first-order chi connectivity index (χ1) is 12.3. The smallest absolute Gasteiger partial charge is 0.160 e. The molecule has 2 heterocycles. The van der Waals surface area contributed by atoms with Crippen molar-refractivity contribution >= 4 is 22.3 Å². The molecule has 0 aliphatic carbocycles. The lowest BCUT2D eigenvalue weighted by atomic mass is 10.1. The number of anilines is 2. The number of hydrogen-bond acceptors (Lipinski definition) is 4. The average molecular weight is 330 g/mol. The van der Waals surface area contributed by atoms with E-state index in [1.807, 2.05) is 42.6 Å². The first-order valence-electron chi connectivity index (χ1n) is 7.95. The highest BCUT2D eigenvalue weighted by Crippen LogP contribution is 2.26. The number of halogens is 1. The molecule has 0 aliphatic rings. The van der Waals surface area contributed by atoms with E-state index in [1.54, 1.807) is 18.3 Å². The molecule has 0 bridgehead atoms. The molecule has 1 N–H and O–H groups in total. The van der Waals surface area contributed by atoms with Crippen molar-refractivity contribution in [3.05, 3.63) is 90.1 Å². The van der Waals surface area contributed by atoms with Gasteiger partial charge in [0, 0.05) is 35.3 Å². The van der Waals surface area contributed by atoms with Gasteiger partial charge in [-0.25, -0.2) is 4.39 Å². The molecule has 0 fully saturated rings. The lowest BCUT2D eigenvalue weighted by Gasteiger charge is -2.11. The molecule has 0 amide bonds. The number of nitrogens with zero attached hydrogens (tertiary/aromatic N) is 3. The molecule has 4 aromatic rings. The van der Waals surface area contributed by atoms with Gasteiger partial charge in [-0.1, -0.05) is 30.3 Å². The van der Waals surface area contributed by atoms with Gasteiger partial charge in [0.25, 0.3) is 0 Å². The Kier molecular flexibility index (Phi) is 4.04. The first kappa shape index (κ1) is 15.2. The number of fused-ring (bicyclic) bond motifs is 1. The second kappa shape index (κ2) is 6.65. The topological polar surface area (TPSA) is 50.7 Å². The van der Waals surface area contributed by atoms with Crippen molar-refractivity contribution in [3.63, 3.8) is 0 Å². The van der Waals surface area contributed by atoms with Crippen LogP contribution in [0.2, 0.25) is 0 Å². The Morgan fingerprint density at radius 2 is 1.64 bits per heavy atom. The number of benzene rings is 2. The van der Waals surface area contributed by atoms with Crippen LogP contribution in [-0.4, -0.2) is 15.2 Å². The third-order valence-electron chi connectivity index (χ3n) is 3.97. The van der Waals surface area contributed by atoms with Crippen LogP contribution < -0.4 is 5.32 Å². The van der Waals surface area contributed by atoms with E-state index in [2.05, 4.69) is 20.5 Å². The third kappa shape index (κ3) is 3.30. The molecule has 0 atom stereocenters. The first-order valence-corrected chi connectivity index (χ1v) is 7.95. The standard InChI is InChI=1S/C20H15FN4/c21-15-7-9-16(10-8-15)23-20-18-6-2-1-5-17(18)19(24-25-20)12-14-4-3-11-22-13-14/h1-11,13H,12H2,(H,23,25). The quantitative estimate of drug-likeness (QED) is 0.598. The molecule has 0 aliphatic heterocycles. The number of aromatic nitrogens is 3.